The summed E-state index contributed by atoms with van der Waals surface area (Å²) in [6, 6.07) is 3.64. The first-order chi connectivity index (χ1) is 6.61. The van der Waals surface area contributed by atoms with Gasteiger partial charge in [0.25, 0.3) is 0 Å². The van der Waals surface area contributed by atoms with Crippen LogP contribution >= 0.6 is 11.6 Å². The van der Waals surface area contributed by atoms with Crippen LogP contribution in [0.1, 0.15) is 5.56 Å². The Balaban J connectivity index is 2.94. The lowest BCUT2D eigenvalue weighted by Gasteiger charge is -2.07. The van der Waals surface area contributed by atoms with Crippen molar-refractivity contribution in [1.29, 1.82) is 0 Å². The molecule has 1 aromatic carbocycles. The minimum atomic E-state index is 0.499. The van der Waals surface area contributed by atoms with E-state index in [2.05, 4.69) is 4.98 Å². The van der Waals surface area contributed by atoms with Crippen molar-refractivity contribution in [3.63, 3.8) is 0 Å². The number of nitrogens with zero attached hydrogens (tertiary/aromatic N) is 1. The van der Waals surface area contributed by atoms with Gasteiger partial charge in [0.1, 0.15) is 0 Å². The highest BCUT2D eigenvalue weighted by Gasteiger charge is 2.07. The number of nitrogen functional groups attached to an aromatic ring is 2. The number of aromatic nitrogens is 1. The van der Waals surface area contributed by atoms with Gasteiger partial charge in [0.05, 0.1) is 23.1 Å². The number of rotatable bonds is 0. The van der Waals surface area contributed by atoms with Crippen LogP contribution in [0.15, 0.2) is 18.3 Å². The topological polar surface area (TPSA) is 64.9 Å². The van der Waals surface area contributed by atoms with Crippen molar-refractivity contribution in [1.82, 2.24) is 4.98 Å². The predicted octanol–water partition coefficient (Wildman–Crippen LogP) is 2.36. The van der Waals surface area contributed by atoms with Crippen LogP contribution < -0.4 is 11.5 Å². The molecule has 0 bridgehead atoms. The first-order valence-corrected chi connectivity index (χ1v) is 4.58. The zero-order valence-electron chi connectivity index (χ0n) is 7.71. The summed E-state index contributed by atoms with van der Waals surface area (Å²) in [7, 11) is 0. The Morgan fingerprint density at radius 3 is 2.71 bits per heavy atom. The molecular weight excluding hydrogens is 198 g/mol. The summed E-state index contributed by atoms with van der Waals surface area (Å²) in [6.07, 6.45) is 1.56. The maximum absolute atomic E-state index is 5.97. The number of aryl methyl sites for hydroxylation is 1. The zero-order valence-corrected chi connectivity index (χ0v) is 8.47. The molecule has 4 N–H and O–H groups in total. The number of anilines is 2. The fourth-order valence-corrected chi connectivity index (χ4v) is 1.57. The molecule has 0 aliphatic rings. The normalized spacial score (nSPS) is 10.7. The third-order valence-corrected chi connectivity index (χ3v) is 2.71. The zero-order chi connectivity index (χ0) is 10.3. The summed E-state index contributed by atoms with van der Waals surface area (Å²) in [5, 5.41) is 1.54. The van der Waals surface area contributed by atoms with Crippen LogP contribution in [0.2, 0.25) is 5.02 Å². The molecular formula is C10H10ClN3. The van der Waals surface area contributed by atoms with Gasteiger partial charge in [-0.25, -0.2) is 0 Å². The molecule has 2 aromatic rings. The average molecular weight is 208 g/mol. The lowest BCUT2D eigenvalue weighted by Crippen LogP contribution is -1.98. The summed E-state index contributed by atoms with van der Waals surface area (Å²) in [5.41, 5.74) is 14.3. The molecule has 0 atom stereocenters. The summed E-state index contributed by atoms with van der Waals surface area (Å²) in [5.74, 6) is 0. The number of fused-ring (bicyclic) bond motifs is 1. The van der Waals surface area contributed by atoms with Gasteiger partial charge in [-0.15, -0.1) is 0 Å². The van der Waals surface area contributed by atoms with Crippen LogP contribution in [0.4, 0.5) is 11.4 Å². The molecule has 0 unspecified atom stereocenters. The maximum Gasteiger partial charge on any atom is 0.0768 e. The summed E-state index contributed by atoms with van der Waals surface area (Å²) in [6.45, 7) is 1.91. The molecule has 1 heterocycles. The highest BCUT2D eigenvalue weighted by Crippen LogP contribution is 2.29. The van der Waals surface area contributed by atoms with E-state index in [-0.39, 0.29) is 0 Å². The van der Waals surface area contributed by atoms with Crippen LogP contribution in [-0.4, -0.2) is 4.98 Å². The van der Waals surface area contributed by atoms with Gasteiger partial charge in [-0.05, 0) is 24.6 Å². The van der Waals surface area contributed by atoms with Gasteiger partial charge in [-0.3, -0.25) is 4.98 Å². The predicted molar refractivity (Wildman–Crippen MR) is 60.3 cm³/mol. The van der Waals surface area contributed by atoms with Gasteiger partial charge in [-0.2, -0.15) is 0 Å². The highest BCUT2D eigenvalue weighted by molar-refractivity contribution is 6.32. The number of nitrogens with two attached hydrogens (primary N) is 2. The van der Waals surface area contributed by atoms with E-state index in [9.17, 15) is 0 Å². The van der Waals surface area contributed by atoms with Crippen LogP contribution in [0.5, 0.6) is 0 Å². The lowest BCUT2D eigenvalue weighted by atomic mass is 10.1. The molecule has 0 aliphatic heterocycles. The van der Waals surface area contributed by atoms with Gasteiger partial charge < -0.3 is 11.5 Å². The minimum absolute atomic E-state index is 0.499. The van der Waals surface area contributed by atoms with Crippen molar-refractivity contribution in [3.05, 3.63) is 28.9 Å². The van der Waals surface area contributed by atoms with Crippen molar-refractivity contribution in [3.8, 4) is 0 Å². The van der Waals surface area contributed by atoms with Gasteiger partial charge in [0.2, 0.25) is 0 Å². The molecule has 0 aliphatic carbocycles. The van der Waals surface area contributed by atoms with E-state index in [1.54, 1.807) is 12.3 Å². The highest BCUT2D eigenvalue weighted by atomic mass is 35.5. The largest absolute Gasteiger partial charge is 0.396 e. The fourth-order valence-electron chi connectivity index (χ4n) is 1.42. The molecule has 0 fully saturated rings. The second-order valence-electron chi connectivity index (χ2n) is 3.20. The molecule has 0 spiro atoms. The second kappa shape index (κ2) is 3.03. The summed E-state index contributed by atoms with van der Waals surface area (Å²) < 4.78 is 0. The number of hydrogen-bond acceptors (Lipinski definition) is 3. The van der Waals surface area contributed by atoms with Gasteiger partial charge in [-0.1, -0.05) is 11.6 Å². The van der Waals surface area contributed by atoms with Crippen molar-refractivity contribution < 1.29 is 0 Å². The van der Waals surface area contributed by atoms with Crippen molar-refractivity contribution in [2.45, 2.75) is 6.92 Å². The Hall–Kier alpha value is -1.48. The van der Waals surface area contributed by atoms with Crippen molar-refractivity contribution in [2.24, 2.45) is 0 Å². The summed E-state index contributed by atoms with van der Waals surface area (Å²) >= 11 is 5.97. The third-order valence-electron chi connectivity index (χ3n) is 2.30. The van der Waals surface area contributed by atoms with E-state index >= 15 is 0 Å². The smallest absolute Gasteiger partial charge is 0.0768 e. The molecule has 0 amide bonds. The molecule has 14 heavy (non-hydrogen) atoms. The van der Waals surface area contributed by atoms with Crippen molar-refractivity contribution >= 4 is 33.9 Å². The molecule has 72 valence electrons. The van der Waals surface area contributed by atoms with E-state index in [1.165, 1.54) is 0 Å². The Labute approximate surface area is 86.7 Å². The maximum atomic E-state index is 5.97. The molecule has 3 nitrogen and oxygen atoms in total. The van der Waals surface area contributed by atoms with E-state index in [4.69, 9.17) is 23.1 Å². The SMILES string of the molecule is Cc1c(Cl)ccc2c(N)c(N)cnc12. The Kier molecular flexibility index (Phi) is 1.97. The molecule has 0 radical (unpaired) electrons. The monoisotopic (exact) mass is 207 g/mol. The Morgan fingerprint density at radius 1 is 1.29 bits per heavy atom. The van der Waals surface area contributed by atoms with Gasteiger partial charge in [0.15, 0.2) is 0 Å². The standard InChI is InChI=1S/C10H10ClN3/c1-5-7(11)3-2-6-9(13)8(12)4-14-10(5)6/h2-4H,12H2,1H3,(H2,13,14). The second-order valence-corrected chi connectivity index (χ2v) is 3.60. The van der Waals surface area contributed by atoms with Gasteiger partial charge in [0, 0.05) is 10.4 Å². The fraction of sp³-hybridized carbons (Fsp3) is 0.100. The molecule has 1 aromatic heterocycles. The number of halogens is 1. The number of benzene rings is 1. The van der Waals surface area contributed by atoms with E-state index in [1.807, 2.05) is 13.0 Å². The molecule has 0 saturated heterocycles. The molecule has 4 heteroatoms. The Morgan fingerprint density at radius 2 is 2.00 bits per heavy atom. The number of hydrogen-bond donors (Lipinski definition) is 2. The van der Waals surface area contributed by atoms with Crippen LogP contribution in [0.3, 0.4) is 0 Å². The van der Waals surface area contributed by atoms with Crippen LogP contribution in [-0.2, 0) is 0 Å². The summed E-state index contributed by atoms with van der Waals surface area (Å²) in [4.78, 5) is 4.21. The minimum Gasteiger partial charge on any atom is -0.396 e. The molecule has 0 saturated carbocycles. The first kappa shape index (κ1) is 9.09. The van der Waals surface area contributed by atoms with Crippen LogP contribution in [0, 0.1) is 6.92 Å². The first-order valence-electron chi connectivity index (χ1n) is 4.20. The van der Waals surface area contributed by atoms with E-state index in [0.717, 1.165) is 16.5 Å². The van der Waals surface area contributed by atoms with Crippen LogP contribution in [0.25, 0.3) is 10.9 Å². The van der Waals surface area contributed by atoms with E-state index < -0.39 is 0 Å². The number of pyridine rings is 1. The lowest BCUT2D eigenvalue weighted by molar-refractivity contribution is 1.37. The third kappa shape index (κ3) is 1.17. The van der Waals surface area contributed by atoms with E-state index in [0.29, 0.717) is 16.4 Å². The quantitative estimate of drug-likeness (QED) is 0.697. The van der Waals surface area contributed by atoms with Crippen molar-refractivity contribution in [2.75, 3.05) is 11.5 Å². The van der Waals surface area contributed by atoms with Gasteiger partial charge >= 0.3 is 0 Å². The Bertz CT molecular complexity index is 461. The average Bonchev–Trinajstić information content (AvgIpc) is 2.17. The molecule has 2 rings (SSSR count).